The molecule has 12 heteroatoms. The second-order valence-electron chi connectivity index (χ2n) is 11.5. The quantitative estimate of drug-likeness (QED) is 0.153. The number of amides is 3. The topological polar surface area (TPSA) is 123 Å². The summed E-state index contributed by atoms with van der Waals surface area (Å²) >= 11 is 6.20. The molecule has 0 bridgehead atoms. The Morgan fingerprint density at radius 3 is 2.45 bits per heavy atom. The molecule has 4 N–H and O–H groups in total. The lowest BCUT2D eigenvalue weighted by Crippen LogP contribution is -2.47. The molecule has 0 aliphatic carbocycles. The number of rotatable bonds is 4. The number of aromatic nitrogens is 2. The molecular weight excluding hydrogens is 636 g/mol. The van der Waals surface area contributed by atoms with Crippen LogP contribution in [0.4, 0.5) is 16.2 Å². The highest BCUT2D eigenvalue weighted by Crippen LogP contribution is 2.45. The minimum absolute atomic E-state index is 0.166. The fraction of sp³-hybridized carbons (Fsp3) is 0.229. The number of piperazine rings is 1. The van der Waals surface area contributed by atoms with Crippen LogP contribution >= 0.6 is 22.9 Å². The van der Waals surface area contributed by atoms with Gasteiger partial charge in [-0.2, -0.15) is 0 Å². The fourth-order valence-corrected chi connectivity index (χ4v) is 7.43. The van der Waals surface area contributed by atoms with E-state index in [9.17, 15) is 14.4 Å². The molecule has 2 aliphatic heterocycles. The number of benzene rings is 3. The molecule has 2 aliphatic rings. The van der Waals surface area contributed by atoms with Crippen LogP contribution in [-0.2, 0) is 6.42 Å². The molecule has 3 aromatic heterocycles. The molecule has 0 unspecified atom stereocenters. The number of H-pyrrole nitrogens is 2. The van der Waals surface area contributed by atoms with E-state index in [1.54, 1.807) is 21.1 Å². The number of nitrogens with zero attached hydrogens (tertiary/aromatic N) is 2. The number of carbonyl (C=O) groups excluding carboxylic acids is 3. The van der Waals surface area contributed by atoms with Gasteiger partial charge in [0, 0.05) is 78.1 Å². The highest BCUT2D eigenvalue weighted by Gasteiger charge is 2.31. The van der Waals surface area contributed by atoms with Crippen LogP contribution < -0.4 is 20.3 Å². The highest BCUT2D eigenvalue weighted by molar-refractivity contribution is 7.17. The molecule has 0 spiro atoms. The zero-order valence-electron chi connectivity index (χ0n) is 25.9. The Morgan fingerprint density at radius 1 is 0.894 bits per heavy atom. The summed E-state index contributed by atoms with van der Waals surface area (Å²) in [4.78, 5) is 49.8. The Labute approximate surface area is 279 Å². The summed E-state index contributed by atoms with van der Waals surface area (Å²) in [6.07, 6.45) is 1.81. The fourth-order valence-electron chi connectivity index (χ4n) is 6.40. The Bertz CT molecular complexity index is 2130. The Balaban J connectivity index is 0.00000172. The van der Waals surface area contributed by atoms with E-state index in [4.69, 9.17) is 4.74 Å². The molecule has 1 saturated heterocycles. The van der Waals surface area contributed by atoms with Crippen molar-refractivity contribution in [3.05, 3.63) is 88.6 Å². The third-order valence-corrected chi connectivity index (χ3v) is 9.77. The predicted molar refractivity (Wildman–Crippen MR) is 189 cm³/mol. The molecule has 6 aromatic rings. The molecule has 0 saturated carbocycles. The van der Waals surface area contributed by atoms with Crippen molar-refractivity contribution in [2.45, 2.75) is 13.3 Å². The van der Waals surface area contributed by atoms with Gasteiger partial charge < -0.3 is 35.1 Å². The van der Waals surface area contributed by atoms with Crippen LogP contribution in [0.15, 0.2) is 66.0 Å². The van der Waals surface area contributed by atoms with Gasteiger partial charge in [0.2, 0.25) is 0 Å². The van der Waals surface area contributed by atoms with Crippen molar-refractivity contribution in [3.8, 4) is 5.75 Å². The van der Waals surface area contributed by atoms with Gasteiger partial charge in [0.25, 0.3) is 11.8 Å². The van der Waals surface area contributed by atoms with E-state index in [2.05, 4.69) is 44.5 Å². The maximum Gasteiger partial charge on any atom is 0.415 e. The Morgan fingerprint density at radius 2 is 1.64 bits per heavy atom. The number of thiophene rings is 1. The predicted octanol–water partition coefficient (Wildman–Crippen LogP) is 6.89. The van der Waals surface area contributed by atoms with E-state index in [0.29, 0.717) is 48.9 Å². The number of alkyl halides is 1. The third kappa shape index (κ3) is 5.71. The number of hydrogen-bond acceptors (Lipinski definition) is 6. The van der Waals surface area contributed by atoms with Crippen molar-refractivity contribution in [1.82, 2.24) is 20.2 Å². The molecule has 0 atom stereocenters. The summed E-state index contributed by atoms with van der Waals surface area (Å²) in [5.74, 6) is 0.0758. The first-order chi connectivity index (χ1) is 22.9. The van der Waals surface area contributed by atoms with Gasteiger partial charge in [-0.1, -0.05) is 18.2 Å². The zero-order chi connectivity index (χ0) is 32.7. The first kappa shape index (κ1) is 30.8. The van der Waals surface area contributed by atoms with Gasteiger partial charge in [-0.25, -0.2) is 4.79 Å². The molecule has 1 fully saturated rings. The molecule has 240 valence electrons. The summed E-state index contributed by atoms with van der Waals surface area (Å²) in [5.41, 5.74) is 6.20. The molecular formula is C35H33ClN6O4S. The monoisotopic (exact) mass is 668 g/mol. The maximum atomic E-state index is 14.0. The minimum Gasteiger partial charge on any atom is -0.409 e. The lowest BCUT2D eigenvalue weighted by molar-refractivity contribution is 0.0983. The molecule has 8 rings (SSSR count). The second kappa shape index (κ2) is 12.7. The van der Waals surface area contributed by atoms with Crippen LogP contribution in [0.3, 0.4) is 0 Å². The first-order valence-corrected chi connectivity index (χ1v) is 17.0. The van der Waals surface area contributed by atoms with E-state index >= 15 is 0 Å². The number of fused-ring (bicyclic) bond motifs is 5. The lowest BCUT2D eigenvalue weighted by atomic mass is 10.0. The van der Waals surface area contributed by atoms with Crippen molar-refractivity contribution in [3.63, 3.8) is 0 Å². The summed E-state index contributed by atoms with van der Waals surface area (Å²) in [6, 6.07) is 18.8. The molecule has 47 heavy (non-hydrogen) atoms. The average Bonchev–Trinajstić information content (AvgIpc) is 3.90. The standard InChI is InChI=1S/C34H30N6O4S.CH3Cl/c1-19-18-45-31-29(44-34(43)39-12-9-35-10-13-39)17-28-23(30(19)31)8-11-40(28)33(42)27-16-21-14-22(6-7-25(21)38-27)36-32(41)26-15-20-4-2-3-5-24(20)37-26;1-2/h2-7,14-18,35,37-38H,8-13H2,1H3,(H,36,41);1H3. The third-order valence-electron chi connectivity index (χ3n) is 8.65. The van der Waals surface area contributed by atoms with Crippen LogP contribution in [0, 0.1) is 6.92 Å². The van der Waals surface area contributed by atoms with Gasteiger partial charge in [-0.05, 0) is 66.2 Å². The number of ether oxygens (including phenoxy) is 1. The maximum absolute atomic E-state index is 14.0. The van der Waals surface area contributed by atoms with Crippen LogP contribution in [0.2, 0.25) is 0 Å². The molecule has 10 nitrogen and oxygen atoms in total. The number of halogens is 1. The van der Waals surface area contributed by atoms with E-state index in [1.165, 1.54) is 6.38 Å². The SMILES string of the molecule is CCl.Cc1csc2c(OC(=O)N3CCNCC3)cc3c(c12)CCN3C(=O)c1cc2cc(NC(=O)c3cc4ccccc4[nH]3)ccc2[nH]1. The summed E-state index contributed by atoms with van der Waals surface area (Å²) in [6.45, 7) is 5.23. The molecule has 3 aromatic carbocycles. The smallest absolute Gasteiger partial charge is 0.409 e. The van der Waals surface area contributed by atoms with E-state index in [1.807, 2.05) is 60.7 Å². The first-order valence-electron chi connectivity index (χ1n) is 15.4. The van der Waals surface area contributed by atoms with Crippen LogP contribution in [0.1, 0.15) is 32.1 Å². The zero-order valence-corrected chi connectivity index (χ0v) is 27.5. The molecule has 0 radical (unpaired) electrons. The Kier molecular flexibility index (Phi) is 8.35. The van der Waals surface area contributed by atoms with E-state index < -0.39 is 0 Å². The molecule has 5 heterocycles. The number of para-hydroxylation sites is 1. The van der Waals surface area contributed by atoms with Crippen molar-refractivity contribution in [2.24, 2.45) is 0 Å². The number of nitrogens with one attached hydrogen (secondary N) is 4. The average molecular weight is 669 g/mol. The van der Waals surface area contributed by atoms with Crippen LogP contribution in [0.5, 0.6) is 5.75 Å². The highest BCUT2D eigenvalue weighted by atomic mass is 35.5. The van der Waals surface area contributed by atoms with Crippen LogP contribution in [0.25, 0.3) is 31.9 Å². The number of anilines is 2. The van der Waals surface area contributed by atoms with E-state index in [0.717, 1.165) is 61.8 Å². The number of aryl methyl sites for hydroxylation is 1. The van der Waals surface area contributed by atoms with E-state index in [-0.39, 0.29) is 17.9 Å². The van der Waals surface area contributed by atoms with Gasteiger partial charge in [0.05, 0.1) is 10.4 Å². The normalized spacial score (nSPS) is 14.3. The van der Waals surface area contributed by atoms with Gasteiger partial charge >= 0.3 is 6.09 Å². The van der Waals surface area contributed by atoms with Crippen molar-refractivity contribution >= 4 is 84.1 Å². The lowest BCUT2D eigenvalue weighted by Gasteiger charge is -2.26. The van der Waals surface area contributed by atoms with Gasteiger partial charge in [0.1, 0.15) is 11.4 Å². The van der Waals surface area contributed by atoms with Gasteiger partial charge in [-0.15, -0.1) is 22.9 Å². The van der Waals surface area contributed by atoms with Crippen molar-refractivity contribution < 1.29 is 19.1 Å². The number of hydrogen-bond donors (Lipinski definition) is 4. The summed E-state index contributed by atoms with van der Waals surface area (Å²) in [5, 5.41) is 11.1. The number of aromatic amines is 2. The minimum atomic E-state index is -0.372. The van der Waals surface area contributed by atoms with Gasteiger partial charge in [-0.3, -0.25) is 9.59 Å². The number of carbonyl (C=O) groups is 3. The van der Waals surface area contributed by atoms with Crippen molar-refractivity contribution in [2.75, 3.05) is 49.3 Å². The van der Waals surface area contributed by atoms with Crippen molar-refractivity contribution in [1.29, 1.82) is 0 Å². The largest absolute Gasteiger partial charge is 0.415 e. The Hall–Kier alpha value is -4.84. The van der Waals surface area contributed by atoms with Crippen LogP contribution in [-0.4, -0.2) is 71.9 Å². The summed E-state index contributed by atoms with van der Waals surface area (Å²) < 4.78 is 6.90. The molecule has 3 amide bonds. The van der Waals surface area contributed by atoms with Gasteiger partial charge in [0.15, 0.2) is 5.75 Å². The summed E-state index contributed by atoms with van der Waals surface area (Å²) in [7, 11) is 0. The second-order valence-corrected chi connectivity index (χ2v) is 12.4.